The van der Waals surface area contributed by atoms with Crippen LogP contribution in [0.15, 0.2) is 34.9 Å². The van der Waals surface area contributed by atoms with Crippen LogP contribution < -0.4 is 5.32 Å². The second-order valence-corrected chi connectivity index (χ2v) is 7.64. The monoisotopic (exact) mass is 338 g/mol. The Hall–Kier alpha value is -0.710. The fraction of sp³-hybridized carbons (Fsp3) is 0.400. The molecule has 0 saturated carbocycles. The molecule has 0 unspecified atom stereocenters. The second-order valence-electron chi connectivity index (χ2n) is 5.61. The molecule has 2 nitrogen and oxygen atoms in total. The molecule has 1 N–H and O–H groups in total. The Balaban J connectivity index is 1.86. The van der Waals surface area contributed by atoms with E-state index in [0.29, 0.717) is 0 Å². The maximum absolute atomic E-state index is 4.50. The SMILES string of the molecule is CC(C)(C)c1ncc(CNCc2ccc(Br)cc2)s1. The molecule has 2 aromatic rings. The van der Waals surface area contributed by atoms with E-state index in [4.69, 9.17) is 0 Å². The van der Waals surface area contributed by atoms with Gasteiger partial charge >= 0.3 is 0 Å². The van der Waals surface area contributed by atoms with Crippen LogP contribution in [0.3, 0.4) is 0 Å². The van der Waals surface area contributed by atoms with E-state index < -0.39 is 0 Å². The molecule has 0 saturated heterocycles. The van der Waals surface area contributed by atoms with Gasteiger partial charge in [0.25, 0.3) is 0 Å². The number of nitrogens with one attached hydrogen (secondary N) is 1. The van der Waals surface area contributed by atoms with Gasteiger partial charge in [0, 0.05) is 34.1 Å². The molecule has 0 radical (unpaired) electrons. The van der Waals surface area contributed by atoms with E-state index in [2.05, 4.69) is 71.3 Å². The molecule has 1 aromatic carbocycles. The van der Waals surface area contributed by atoms with Gasteiger partial charge < -0.3 is 5.32 Å². The summed E-state index contributed by atoms with van der Waals surface area (Å²) in [4.78, 5) is 5.79. The quantitative estimate of drug-likeness (QED) is 0.888. The summed E-state index contributed by atoms with van der Waals surface area (Å²) in [6, 6.07) is 8.40. The average molecular weight is 339 g/mol. The lowest BCUT2D eigenvalue weighted by Gasteiger charge is -2.13. The summed E-state index contributed by atoms with van der Waals surface area (Å²) in [5.74, 6) is 0. The molecule has 1 aromatic heterocycles. The molecule has 0 amide bonds. The van der Waals surface area contributed by atoms with Crippen LogP contribution in [-0.2, 0) is 18.5 Å². The molecular formula is C15H19BrN2S. The van der Waals surface area contributed by atoms with Crippen molar-refractivity contribution in [2.24, 2.45) is 0 Å². The smallest absolute Gasteiger partial charge is 0.0981 e. The van der Waals surface area contributed by atoms with Gasteiger partial charge in [0.05, 0.1) is 5.01 Å². The number of hydrogen-bond acceptors (Lipinski definition) is 3. The molecule has 1 heterocycles. The van der Waals surface area contributed by atoms with Crippen molar-refractivity contribution < 1.29 is 0 Å². The van der Waals surface area contributed by atoms with E-state index >= 15 is 0 Å². The van der Waals surface area contributed by atoms with Gasteiger partial charge in [0.15, 0.2) is 0 Å². The Morgan fingerprint density at radius 2 is 1.84 bits per heavy atom. The fourth-order valence-electron chi connectivity index (χ4n) is 1.67. The van der Waals surface area contributed by atoms with E-state index in [1.54, 1.807) is 11.3 Å². The van der Waals surface area contributed by atoms with Crippen molar-refractivity contribution in [3.05, 3.63) is 50.4 Å². The maximum Gasteiger partial charge on any atom is 0.0981 e. The first-order valence-electron chi connectivity index (χ1n) is 6.35. The molecule has 4 heteroatoms. The third-order valence-electron chi connectivity index (χ3n) is 2.74. The van der Waals surface area contributed by atoms with Gasteiger partial charge in [-0.25, -0.2) is 4.98 Å². The lowest BCUT2D eigenvalue weighted by atomic mass is 9.98. The largest absolute Gasteiger partial charge is 0.308 e. The van der Waals surface area contributed by atoms with E-state index in [1.165, 1.54) is 15.4 Å². The number of nitrogens with zero attached hydrogens (tertiary/aromatic N) is 1. The highest BCUT2D eigenvalue weighted by molar-refractivity contribution is 9.10. The molecule has 0 bridgehead atoms. The van der Waals surface area contributed by atoms with Crippen LogP contribution in [0.1, 0.15) is 36.2 Å². The van der Waals surface area contributed by atoms with Crippen molar-refractivity contribution in [3.63, 3.8) is 0 Å². The first-order valence-corrected chi connectivity index (χ1v) is 7.96. The Kier molecular flexibility index (Phi) is 4.76. The molecule has 19 heavy (non-hydrogen) atoms. The lowest BCUT2D eigenvalue weighted by molar-refractivity contribution is 0.585. The van der Waals surface area contributed by atoms with Crippen molar-refractivity contribution in [2.45, 2.75) is 39.3 Å². The molecule has 102 valence electrons. The summed E-state index contributed by atoms with van der Waals surface area (Å²) in [6.07, 6.45) is 1.99. The van der Waals surface area contributed by atoms with E-state index in [1.807, 2.05) is 6.20 Å². The minimum atomic E-state index is 0.147. The van der Waals surface area contributed by atoms with E-state index in [0.717, 1.165) is 17.6 Å². The molecular weight excluding hydrogens is 320 g/mol. The average Bonchev–Trinajstić information content (AvgIpc) is 2.80. The van der Waals surface area contributed by atoms with Crippen molar-refractivity contribution in [1.82, 2.24) is 10.3 Å². The summed E-state index contributed by atoms with van der Waals surface area (Å²) in [5.41, 5.74) is 1.44. The summed E-state index contributed by atoms with van der Waals surface area (Å²) in [5, 5.41) is 4.66. The van der Waals surface area contributed by atoms with Crippen LogP contribution in [0.4, 0.5) is 0 Å². The van der Waals surface area contributed by atoms with Gasteiger partial charge in [0.1, 0.15) is 0 Å². The topological polar surface area (TPSA) is 24.9 Å². The van der Waals surface area contributed by atoms with Gasteiger partial charge in [-0.2, -0.15) is 0 Å². The van der Waals surface area contributed by atoms with Gasteiger partial charge in [-0.05, 0) is 17.7 Å². The summed E-state index contributed by atoms with van der Waals surface area (Å²) < 4.78 is 1.12. The first-order chi connectivity index (χ1) is 8.95. The summed E-state index contributed by atoms with van der Waals surface area (Å²) in [7, 11) is 0. The van der Waals surface area contributed by atoms with Crippen molar-refractivity contribution in [2.75, 3.05) is 0 Å². The van der Waals surface area contributed by atoms with Gasteiger partial charge in [-0.1, -0.05) is 48.8 Å². The van der Waals surface area contributed by atoms with Crippen LogP contribution in [0.2, 0.25) is 0 Å². The van der Waals surface area contributed by atoms with E-state index in [9.17, 15) is 0 Å². The van der Waals surface area contributed by atoms with Gasteiger partial charge in [0.2, 0.25) is 0 Å². The lowest BCUT2D eigenvalue weighted by Crippen LogP contribution is -2.11. The second kappa shape index (κ2) is 6.16. The number of thiazole rings is 1. The normalized spacial score (nSPS) is 11.8. The minimum Gasteiger partial charge on any atom is -0.308 e. The van der Waals surface area contributed by atoms with Crippen molar-refractivity contribution in [1.29, 1.82) is 0 Å². The highest BCUT2D eigenvalue weighted by Gasteiger charge is 2.17. The Bertz CT molecular complexity index is 526. The van der Waals surface area contributed by atoms with Crippen LogP contribution in [0.5, 0.6) is 0 Å². The molecule has 0 aliphatic carbocycles. The summed E-state index contributed by atoms with van der Waals surface area (Å²) >= 11 is 5.24. The van der Waals surface area contributed by atoms with Crippen molar-refractivity contribution in [3.8, 4) is 0 Å². The Labute approximate surface area is 127 Å². The Morgan fingerprint density at radius 1 is 1.16 bits per heavy atom. The molecule has 0 aliphatic heterocycles. The highest BCUT2D eigenvalue weighted by Crippen LogP contribution is 2.26. The minimum absolute atomic E-state index is 0.147. The molecule has 0 aliphatic rings. The number of rotatable bonds is 4. The standard InChI is InChI=1S/C15H19BrN2S/c1-15(2,3)14-18-10-13(19-14)9-17-8-11-4-6-12(16)7-5-11/h4-7,10,17H,8-9H2,1-3H3. The van der Waals surface area contributed by atoms with Crippen LogP contribution in [-0.4, -0.2) is 4.98 Å². The fourth-order valence-corrected chi connectivity index (χ4v) is 2.87. The first kappa shape index (κ1) is 14.7. The summed E-state index contributed by atoms with van der Waals surface area (Å²) in [6.45, 7) is 8.36. The predicted molar refractivity (Wildman–Crippen MR) is 85.5 cm³/mol. The zero-order valence-corrected chi connectivity index (χ0v) is 13.9. The molecule has 0 atom stereocenters. The maximum atomic E-state index is 4.50. The zero-order chi connectivity index (χ0) is 13.9. The molecule has 0 spiro atoms. The van der Waals surface area contributed by atoms with Crippen molar-refractivity contribution >= 4 is 27.3 Å². The number of benzene rings is 1. The van der Waals surface area contributed by atoms with Crippen LogP contribution in [0.25, 0.3) is 0 Å². The Morgan fingerprint density at radius 3 is 2.42 bits per heavy atom. The number of hydrogen-bond donors (Lipinski definition) is 1. The zero-order valence-electron chi connectivity index (χ0n) is 11.5. The van der Waals surface area contributed by atoms with Gasteiger partial charge in [-0.15, -0.1) is 11.3 Å². The number of halogens is 1. The predicted octanol–water partition coefficient (Wildman–Crippen LogP) is 4.49. The third kappa shape index (κ3) is 4.41. The molecule has 0 fully saturated rings. The van der Waals surface area contributed by atoms with E-state index in [-0.39, 0.29) is 5.41 Å². The molecule has 2 rings (SSSR count). The third-order valence-corrected chi connectivity index (χ3v) is 4.69. The van der Waals surface area contributed by atoms with Crippen LogP contribution >= 0.6 is 27.3 Å². The van der Waals surface area contributed by atoms with Crippen LogP contribution in [0, 0.1) is 0 Å². The highest BCUT2D eigenvalue weighted by atomic mass is 79.9. The van der Waals surface area contributed by atoms with Gasteiger partial charge in [-0.3, -0.25) is 0 Å². The number of aromatic nitrogens is 1.